The first-order valence-electron chi connectivity index (χ1n) is 8.53. The number of carbonyl (C=O) groups is 2. The summed E-state index contributed by atoms with van der Waals surface area (Å²) >= 11 is 6.12. The molecule has 0 spiro atoms. The Morgan fingerprint density at radius 3 is 2.38 bits per heavy atom. The zero-order chi connectivity index (χ0) is 18.0. The average Bonchev–Trinajstić information content (AvgIpc) is 2.96. The van der Waals surface area contributed by atoms with Gasteiger partial charge in [-0.1, -0.05) is 36.6 Å². The normalized spacial score (nSPS) is 18.0. The van der Waals surface area contributed by atoms with E-state index < -0.39 is 11.5 Å². The number of benzene rings is 1. The number of carbonyl (C=O) groups excluding carboxylic acids is 2. The lowest BCUT2D eigenvalue weighted by Gasteiger charge is -2.31. The van der Waals surface area contributed by atoms with Crippen LogP contribution >= 0.6 is 11.6 Å². The van der Waals surface area contributed by atoms with E-state index in [2.05, 4.69) is 10.6 Å². The molecule has 2 rings (SSSR count). The molecule has 0 aromatic heterocycles. The number of hydrogen-bond donors (Lipinski definition) is 2. The Morgan fingerprint density at radius 2 is 1.83 bits per heavy atom. The number of hydrogen-bond acceptors (Lipinski definition) is 2. The maximum absolute atomic E-state index is 13.0. The van der Waals surface area contributed by atoms with Gasteiger partial charge in [-0.15, -0.1) is 0 Å². The third-order valence-electron chi connectivity index (χ3n) is 4.51. The van der Waals surface area contributed by atoms with Crippen LogP contribution in [0.5, 0.6) is 0 Å². The first-order chi connectivity index (χ1) is 11.1. The van der Waals surface area contributed by atoms with Gasteiger partial charge < -0.3 is 10.6 Å². The van der Waals surface area contributed by atoms with Gasteiger partial charge in [0.05, 0.1) is 5.41 Å². The summed E-state index contributed by atoms with van der Waals surface area (Å²) in [4.78, 5) is 25.3. The predicted molar refractivity (Wildman–Crippen MR) is 97.1 cm³/mol. The van der Waals surface area contributed by atoms with Crippen LogP contribution in [0.1, 0.15) is 58.9 Å². The molecule has 24 heavy (non-hydrogen) atoms. The molecule has 2 N–H and O–H groups in total. The summed E-state index contributed by atoms with van der Waals surface area (Å²) in [5, 5.41) is 6.44. The van der Waals surface area contributed by atoms with Gasteiger partial charge >= 0.3 is 0 Å². The molecule has 132 valence electrons. The summed E-state index contributed by atoms with van der Waals surface area (Å²) < 4.78 is 0. The molecule has 1 aliphatic rings. The highest BCUT2D eigenvalue weighted by molar-refractivity contribution is 6.30. The number of halogens is 1. The predicted octanol–water partition coefficient (Wildman–Crippen LogP) is 3.57. The Labute approximate surface area is 149 Å². The van der Waals surface area contributed by atoms with E-state index in [1.165, 1.54) is 0 Å². The molecule has 0 bridgehead atoms. The Kier molecular flexibility index (Phi) is 5.59. The minimum Gasteiger partial charge on any atom is -0.350 e. The Balaban J connectivity index is 2.17. The van der Waals surface area contributed by atoms with Crippen molar-refractivity contribution in [2.45, 2.75) is 70.4 Å². The molecule has 0 radical (unpaired) electrons. The fourth-order valence-corrected chi connectivity index (χ4v) is 3.48. The molecule has 0 aliphatic heterocycles. The van der Waals surface area contributed by atoms with Crippen molar-refractivity contribution in [3.05, 3.63) is 34.9 Å². The summed E-state index contributed by atoms with van der Waals surface area (Å²) in [6, 6.07) is 6.93. The Bertz CT molecular complexity index is 616. The quantitative estimate of drug-likeness (QED) is 0.872. The van der Waals surface area contributed by atoms with Crippen LogP contribution in [0.15, 0.2) is 24.3 Å². The molecular formula is C19H27ClN2O2. The lowest BCUT2D eigenvalue weighted by atomic mass is 9.78. The van der Waals surface area contributed by atoms with Crippen molar-refractivity contribution in [3.63, 3.8) is 0 Å². The Morgan fingerprint density at radius 1 is 1.21 bits per heavy atom. The molecule has 1 aliphatic carbocycles. The molecule has 0 heterocycles. The van der Waals surface area contributed by atoms with E-state index in [0.717, 1.165) is 31.2 Å². The molecule has 4 nitrogen and oxygen atoms in total. The van der Waals surface area contributed by atoms with E-state index in [1.54, 1.807) is 6.92 Å². The van der Waals surface area contributed by atoms with Crippen molar-refractivity contribution in [1.82, 2.24) is 10.6 Å². The van der Waals surface area contributed by atoms with Crippen LogP contribution in [-0.4, -0.2) is 23.4 Å². The van der Waals surface area contributed by atoms with Gasteiger partial charge in [-0.25, -0.2) is 0 Å². The fourth-order valence-electron chi connectivity index (χ4n) is 3.29. The number of nitrogens with one attached hydrogen (secondary N) is 2. The van der Waals surface area contributed by atoms with E-state index >= 15 is 0 Å². The van der Waals surface area contributed by atoms with E-state index in [1.807, 2.05) is 45.0 Å². The first kappa shape index (κ1) is 18.8. The lowest BCUT2D eigenvalue weighted by Crippen LogP contribution is -2.54. The van der Waals surface area contributed by atoms with Crippen molar-refractivity contribution in [3.8, 4) is 0 Å². The summed E-state index contributed by atoms with van der Waals surface area (Å²) in [5.41, 5.74) is 0.0309. The van der Waals surface area contributed by atoms with Gasteiger partial charge in [-0.3, -0.25) is 9.59 Å². The van der Waals surface area contributed by atoms with Crippen molar-refractivity contribution < 1.29 is 9.59 Å². The maximum Gasteiger partial charge on any atom is 0.242 e. The molecular weight excluding hydrogens is 324 g/mol. The van der Waals surface area contributed by atoms with Crippen molar-refractivity contribution >= 4 is 23.4 Å². The smallest absolute Gasteiger partial charge is 0.242 e. The minimum atomic E-state index is -0.582. The second-order valence-corrected chi connectivity index (χ2v) is 8.17. The monoisotopic (exact) mass is 350 g/mol. The molecule has 5 heteroatoms. The van der Waals surface area contributed by atoms with Crippen LogP contribution < -0.4 is 10.6 Å². The summed E-state index contributed by atoms with van der Waals surface area (Å²) in [5.74, 6) is -0.256. The standard InChI is InChI=1S/C19H27ClN2O2/c1-13(16(23)22-18(2,3)4)21-17(24)19(10-5-6-11-19)14-8-7-9-15(20)12-14/h7-9,12-13H,5-6,10-11H2,1-4H3,(H,21,24)(H,22,23). The third-order valence-corrected chi connectivity index (χ3v) is 4.74. The largest absolute Gasteiger partial charge is 0.350 e. The first-order valence-corrected chi connectivity index (χ1v) is 8.91. The van der Waals surface area contributed by atoms with E-state index in [4.69, 9.17) is 11.6 Å². The molecule has 1 unspecified atom stereocenters. The Hall–Kier alpha value is -1.55. The van der Waals surface area contributed by atoms with Crippen LogP contribution in [0.2, 0.25) is 5.02 Å². The second-order valence-electron chi connectivity index (χ2n) is 7.73. The van der Waals surface area contributed by atoms with Gasteiger partial charge in [-0.2, -0.15) is 0 Å². The molecule has 1 atom stereocenters. The van der Waals surface area contributed by atoms with E-state index in [0.29, 0.717) is 5.02 Å². The van der Waals surface area contributed by atoms with Crippen LogP contribution in [0, 0.1) is 0 Å². The SMILES string of the molecule is CC(NC(=O)C1(c2cccc(Cl)c2)CCCC1)C(=O)NC(C)(C)C. The van der Waals surface area contributed by atoms with Crippen molar-refractivity contribution in [2.75, 3.05) is 0 Å². The van der Waals surface area contributed by atoms with E-state index in [9.17, 15) is 9.59 Å². The summed E-state index contributed by atoms with van der Waals surface area (Å²) in [6.45, 7) is 7.48. The van der Waals surface area contributed by atoms with Crippen molar-refractivity contribution in [2.24, 2.45) is 0 Å². The second kappa shape index (κ2) is 7.14. The lowest BCUT2D eigenvalue weighted by molar-refractivity contribution is -0.132. The van der Waals surface area contributed by atoms with Crippen molar-refractivity contribution in [1.29, 1.82) is 0 Å². The highest BCUT2D eigenvalue weighted by atomic mass is 35.5. The zero-order valence-electron chi connectivity index (χ0n) is 14.9. The highest BCUT2D eigenvalue weighted by Crippen LogP contribution is 2.42. The topological polar surface area (TPSA) is 58.2 Å². The molecule has 1 saturated carbocycles. The number of amides is 2. The molecule has 1 aromatic carbocycles. The average molecular weight is 351 g/mol. The van der Waals surface area contributed by atoms with Crippen LogP contribution in [-0.2, 0) is 15.0 Å². The van der Waals surface area contributed by atoms with E-state index in [-0.39, 0.29) is 17.4 Å². The minimum absolute atomic E-state index is 0.0844. The van der Waals surface area contributed by atoms with Crippen LogP contribution in [0.4, 0.5) is 0 Å². The molecule has 1 fully saturated rings. The molecule has 2 amide bonds. The maximum atomic E-state index is 13.0. The number of rotatable bonds is 4. The fraction of sp³-hybridized carbons (Fsp3) is 0.579. The molecule has 1 aromatic rings. The van der Waals surface area contributed by atoms with Crippen LogP contribution in [0.3, 0.4) is 0 Å². The van der Waals surface area contributed by atoms with Gasteiger partial charge in [0, 0.05) is 10.6 Å². The third kappa shape index (κ3) is 4.29. The highest BCUT2D eigenvalue weighted by Gasteiger charge is 2.43. The van der Waals surface area contributed by atoms with Gasteiger partial charge in [0.2, 0.25) is 11.8 Å². The van der Waals surface area contributed by atoms with Gasteiger partial charge in [0.15, 0.2) is 0 Å². The van der Waals surface area contributed by atoms with Gasteiger partial charge in [0.25, 0.3) is 0 Å². The van der Waals surface area contributed by atoms with Gasteiger partial charge in [0.1, 0.15) is 6.04 Å². The molecule has 0 saturated heterocycles. The van der Waals surface area contributed by atoms with Gasteiger partial charge in [-0.05, 0) is 58.2 Å². The summed E-state index contributed by atoms with van der Waals surface area (Å²) in [6.07, 6.45) is 3.57. The zero-order valence-corrected chi connectivity index (χ0v) is 15.7. The summed E-state index contributed by atoms with van der Waals surface area (Å²) in [7, 11) is 0. The van der Waals surface area contributed by atoms with Crippen LogP contribution in [0.25, 0.3) is 0 Å².